The van der Waals surface area contributed by atoms with Crippen LogP contribution >= 0.6 is 0 Å². The van der Waals surface area contributed by atoms with Crippen LogP contribution in [0.25, 0.3) is 11.0 Å². The van der Waals surface area contributed by atoms with Gasteiger partial charge in [0.2, 0.25) is 0 Å². The average molecular weight is 273 g/mol. The van der Waals surface area contributed by atoms with Gasteiger partial charge in [0.25, 0.3) is 5.91 Å². The minimum absolute atomic E-state index is 0.0171. The Balaban J connectivity index is 2.25. The molecule has 0 radical (unpaired) electrons. The molecule has 2 rings (SSSR count). The molecule has 1 heterocycles. The van der Waals surface area contributed by atoms with E-state index in [2.05, 4.69) is 28.7 Å². The minimum Gasteiger partial charge on any atom is -0.350 e. The summed E-state index contributed by atoms with van der Waals surface area (Å²) in [5.74, 6) is 1.02. The summed E-state index contributed by atoms with van der Waals surface area (Å²) in [5.41, 5.74) is 2.64. The molecular weight excluding hydrogens is 250 g/mol. The number of carbonyl (C=O) groups is 1. The Morgan fingerprint density at radius 1 is 1.40 bits per heavy atom. The van der Waals surface area contributed by atoms with Crippen molar-refractivity contribution < 1.29 is 4.79 Å². The van der Waals surface area contributed by atoms with Crippen LogP contribution in [0.5, 0.6) is 0 Å². The summed E-state index contributed by atoms with van der Waals surface area (Å²) in [6.45, 7) is 6.24. The first-order valence-corrected chi connectivity index (χ1v) is 7.33. The fourth-order valence-electron chi connectivity index (χ4n) is 2.52. The van der Waals surface area contributed by atoms with E-state index >= 15 is 0 Å². The van der Waals surface area contributed by atoms with Crippen LogP contribution in [0.1, 0.15) is 49.8 Å². The number of fused-ring (bicyclic) bond motifs is 1. The van der Waals surface area contributed by atoms with E-state index in [9.17, 15) is 4.79 Å². The quantitative estimate of drug-likeness (QED) is 0.910. The zero-order valence-corrected chi connectivity index (χ0v) is 12.7. The highest BCUT2D eigenvalue weighted by Crippen LogP contribution is 2.17. The summed E-state index contributed by atoms with van der Waals surface area (Å²) < 4.78 is 2.08. The van der Waals surface area contributed by atoms with E-state index in [1.165, 1.54) is 0 Å². The van der Waals surface area contributed by atoms with Crippen LogP contribution in [0.15, 0.2) is 18.2 Å². The van der Waals surface area contributed by atoms with Crippen LogP contribution < -0.4 is 5.32 Å². The smallest absolute Gasteiger partial charge is 0.251 e. The molecule has 1 aromatic carbocycles. The van der Waals surface area contributed by atoms with Crippen molar-refractivity contribution in [2.75, 3.05) is 0 Å². The molecule has 2 aromatic rings. The first kappa shape index (κ1) is 14.6. The normalized spacial score (nSPS) is 12.6. The Morgan fingerprint density at radius 2 is 2.15 bits per heavy atom. The summed E-state index contributed by atoms with van der Waals surface area (Å²) in [7, 11) is 2.01. The number of rotatable bonds is 5. The predicted octanol–water partition coefficient (Wildman–Crippen LogP) is 3.05. The number of benzene rings is 1. The lowest BCUT2D eigenvalue weighted by molar-refractivity contribution is 0.0938. The average Bonchev–Trinajstić information content (AvgIpc) is 2.75. The van der Waals surface area contributed by atoms with Gasteiger partial charge in [-0.1, -0.05) is 20.3 Å². The van der Waals surface area contributed by atoms with E-state index in [1.54, 1.807) is 0 Å². The van der Waals surface area contributed by atoms with Crippen LogP contribution in [-0.4, -0.2) is 21.5 Å². The number of nitrogens with one attached hydrogen (secondary N) is 1. The minimum atomic E-state index is -0.0171. The summed E-state index contributed by atoms with van der Waals surface area (Å²) in [4.78, 5) is 16.8. The van der Waals surface area contributed by atoms with Crippen molar-refractivity contribution >= 4 is 16.9 Å². The molecule has 1 amide bonds. The maximum absolute atomic E-state index is 12.2. The number of nitrogens with zero attached hydrogens (tertiary/aromatic N) is 2. The monoisotopic (exact) mass is 273 g/mol. The molecule has 0 saturated carbocycles. The van der Waals surface area contributed by atoms with Gasteiger partial charge in [-0.25, -0.2) is 4.98 Å². The van der Waals surface area contributed by atoms with Gasteiger partial charge in [0, 0.05) is 25.1 Å². The van der Waals surface area contributed by atoms with Gasteiger partial charge in [0.15, 0.2) is 0 Å². The Kier molecular flexibility index (Phi) is 4.42. The highest BCUT2D eigenvalue weighted by molar-refractivity contribution is 5.97. The highest BCUT2D eigenvalue weighted by atomic mass is 16.1. The van der Waals surface area contributed by atoms with E-state index in [-0.39, 0.29) is 11.9 Å². The van der Waals surface area contributed by atoms with E-state index in [0.717, 1.165) is 36.1 Å². The van der Waals surface area contributed by atoms with Crippen molar-refractivity contribution in [3.63, 3.8) is 0 Å². The standard InChI is InChI=1S/C16H23N3O/c1-5-7-11(3)17-16(20)12-8-9-14-13(10-12)18-15(6-2)19(14)4/h8-11H,5-7H2,1-4H3,(H,17,20). The number of hydrogen-bond acceptors (Lipinski definition) is 2. The van der Waals surface area contributed by atoms with Crippen LogP contribution in [0.4, 0.5) is 0 Å². The summed E-state index contributed by atoms with van der Waals surface area (Å²) in [6.07, 6.45) is 2.96. The second kappa shape index (κ2) is 6.07. The molecule has 0 spiro atoms. The molecule has 20 heavy (non-hydrogen) atoms. The first-order chi connectivity index (χ1) is 9.56. The molecule has 1 N–H and O–H groups in total. The molecule has 0 aliphatic heterocycles. The third-order valence-electron chi connectivity index (χ3n) is 3.65. The third-order valence-corrected chi connectivity index (χ3v) is 3.65. The van der Waals surface area contributed by atoms with E-state index < -0.39 is 0 Å². The largest absolute Gasteiger partial charge is 0.350 e. The van der Waals surface area contributed by atoms with E-state index in [1.807, 2.05) is 32.2 Å². The fraction of sp³-hybridized carbons (Fsp3) is 0.500. The molecular formula is C16H23N3O. The lowest BCUT2D eigenvalue weighted by Crippen LogP contribution is -2.32. The second-order valence-electron chi connectivity index (χ2n) is 5.31. The molecule has 4 heteroatoms. The van der Waals surface area contributed by atoms with Gasteiger partial charge in [0.1, 0.15) is 5.82 Å². The van der Waals surface area contributed by atoms with Crippen LogP contribution in [0.2, 0.25) is 0 Å². The van der Waals surface area contributed by atoms with Gasteiger partial charge in [-0.15, -0.1) is 0 Å². The third kappa shape index (κ3) is 2.84. The van der Waals surface area contributed by atoms with E-state index in [0.29, 0.717) is 5.56 Å². The van der Waals surface area contributed by atoms with Gasteiger partial charge in [-0.2, -0.15) is 0 Å². The number of aromatic nitrogens is 2. The Labute approximate surface area is 120 Å². The Bertz CT molecular complexity index is 615. The van der Waals surface area contributed by atoms with Gasteiger partial charge in [0.05, 0.1) is 11.0 Å². The molecule has 4 nitrogen and oxygen atoms in total. The fourth-order valence-corrected chi connectivity index (χ4v) is 2.52. The summed E-state index contributed by atoms with van der Waals surface area (Å²) in [5, 5.41) is 3.02. The maximum atomic E-state index is 12.2. The summed E-state index contributed by atoms with van der Waals surface area (Å²) in [6, 6.07) is 5.93. The molecule has 0 aliphatic rings. The van der Waals surface area contributed by atoms with Crippen LogP contribution in [-0.2, 0) is 13.5 Å². The van der Waals surface area contributed by atoms with Crippen LogP contribution in [0.3, 0.4) is 0 Å². The van der Waals surface area contributed by atoms with Crippen molar-refractivity contribution in [1.29, 1.82) is 0 Å². The topological polar surface area (TPSA) is 46.9 Å². The molecule has 1 aromatic heterocycles. The number of imidazole rings is 1. The first-order valence-electron chi connectivity index (χ1n) is 7.33. The van der Waals surface area contributed by atoms with Crippen molar-refractivity contribution in [1.82, 2.24) is 14.9 Å². The van der Waals surface area contributed by atoms with Gasteiger partial charge in [-0.05, 0) is 31.5 Å². The molecule has 0 fully saturated rings. The van der Waals surface area contributed by atoms with Gasteiger partial charge >= 0.3 is 0 Å². The number of amides is 1. The Morgan fingerprint density at radius 3 is 2.80 bits per heavy atom. The van der Waals surface area contributed by atoms with Crippen molar-refractivity contribution in [3.05, 3.63) is 29.6 Å². The lowest BCUT2D eigenvalue weighted by atomic mass is 10.1. The van der Waals surface area contributed by atoms with Crippen LogP contribution in [0, 0.1) is 0 Å². The van der Waals surface area contributed by atoms with Crippen molar-refractivity contribution in [2.45, 2.75) is 46.1 Å². The molecule has 0 aliphatic carbocycles. The zero-order chi connectivity index (χ0) is 14.7. The molecule has 0 saturated heterocycles. The second-order valence-corrected chi connectivity index (χ2v) is 5.31. The Hall–Kier alpha value is -1.84. The lowest BCUT2D eigenvalue weighted by Gasteiger charge is -2.12. The molecule has 1 unspecified atom stereocenters. The highest BCUT2D eigenvalue weighted by Gasteiger charge is 2.12. The SMILES string of the molecule is CCCC(C)NC(=O)c1ccc2c(c1)nc(CC)n2C. The number of carbonyl (C=O) groups excluding carboxylic acids is 1. The zero-order valence-electron chi connectivity index (χ0n) is 12.7. The van der Waals surface area contributed by atoms with Gasteiger partial charge < -0.3 is 9.88 Å². The maximum Gasteiger partial charge on any atom is 0.251 e. The van der Waals surface area contributed by atoms with Gasteiger partial charge in [-0.3, -0.25) is 4.79 Å². The summed E-state index contributed by atoms with van der Waals surface area (Å²) >= 11 is 0. The predicted molar refractivity (Wildman–Crippen MR) is 81.9 cm³/mol. The molecule has 108 valence electrons. The van der Waals surface area contributed by atoms with E-state index in [4.69, 9.17) is 0 Å². The molecule has 1 atom stereocenters. The number of hydrogen-bond donors (Lipinski definition) is 1. The van der Waals surface area contributed by atoms with Crippen molar-refractivity contribution in [3.8, 4) is 0 Å². The molecule has 0 bridgehead atoms. The van der Waals surface area contributed by atoms with Crippen molar-refractivity contribution in [2.24, 2.45) is 7.05 Å². The number of aryl methyl sites for hydroxylation is 2.